The Balaban J connectivity index is 1.36. The number of rotatable bonds is 9. The topological polar surface area (TPSA) is 132 Å². The molecule has 2 aliphatic rings. The van der Waals surface area contributed by atoms with Gasteiger partial charge < -0.3 is 25.5 Å². The van der Waals surface area contributed by atoms with Gasteiger partial charge in [0.25, 0.3) is 11.8 Å². The molecule has 0 bridgehead atoms. The third kappa shape index (κ3) is 6.94. The van der Waals surface area contributed by atoms with Gasteiger partial charge >= 0.3 is 5.97 Å². The predicted octanol–water partition coefficient (Wildman–Crippen LogP) is 4.12. The lowest BCUT2D eigenvalue weighted by Crippen LogP contribution is -2.35. The van der Waals surface area contributed by atoms with Gasteiger partial charge in [-0.3, -0.25) is 24.2 Å². The smallest absolute Gasteiger partial charge is 0.305 e. The van der Waals surface area contributed by atoms with E-state index in [9.17, 15) is 24.3 Å². The fraction of sp³-hybridized carbons (Fsp3) is 0.344. The van der Waals surface area contributed by atoms with Crippen molar-refractivity contribution >= 4 is 35.1 Å². The standard InChI is InChI=1S/C32H35N5O5/c38-29(39)20-26(25-11-5-14-33-21-25)34-31(41)24-12-13-28(27(19-24)35-30(40)22-9-4-10-22)36-15-6-16-37(18-17-36)32(42)23-7-2-1-3-8-23/h1-3,5,7-8,11-14,19,21-22,26H,4,6,9-10,15-18,20H2,(H,34,41)(H,35,40)(H,38,39). The summed E-state index contributed by atoms with van der Waals surface area (Å²) in [4.78, 5) is 59.0. The van der Waals surface area contributed by atoms with Gasteiger partial charge in [-0.15, -0.1) is 0 Å². The van der Waals surface area contributed by atoms with Crippen molar-refractivity contribution < 1.29 is 24.3 Å². The first-order chi connectivity index (χ1) is 20.4. The first-order valence-corrected chi connectivity index (χ1v) is 14.4. The Morgan fingerprint density at radius 2 is 1.71 bits per heavy atom. The molecule has 1 aromatic heterocycles. The van der Waals surface area contributed by atoms with Crippen molar-refractivity contribution in [2.75, 3.05) is 36.4 Å². The molecule has 3 amide bonds. The summed E-state index contributed by atoms with van der Waals surface area (Å²) in [6.45, 7) is 2.39. The fourth-order valence-corrected chi connectivity index (χ4v) is 5.33. The van der Waals surface area contributed by atoms with Gasteiger partial charge in [-0.25, -0.2) is 0 Å². The second-order valence-corrected chi connectivity index (χ2v) is 10.8. The summed E-state index contributed by atoms with van der Waals surface area (Å²) in [5.41, 5.74) is 2.85. The summed E-state index contributed by atoms with van der Waals surface area (Å²) in [5.74, 6) is -1.63. The quantitative estimate of drug-likeness (QED) is 0.353. The van der Waals surface area contributed by atoms with Crippen LogP contribution in [0.1, 0.15) is 64.4 Å². The molecule has 0 radical (unpaired) electrons. The number of nitrogens with zero attached hydrogens (tertiary/aromatic N) is 3. The van der Waals surface area contributed by atoms with E-state index < -0.39 is 17.9 Å². The molecule has 2 heterocycles. The zero-order valence-corrected chi connectivity index (χ0v) is 23.4. The van der Waals surface area contributed by atoms with Gasteiger partial charge in [0, 0.05) is 55.6 Å². The summed E-state index contributed by atoms with van der Waals surface area (Å²) in [6, 6.07) is 17.0. The number of carboxylic acids is 1. The third-order valence-corrected chi connectivity index (χ3v) is 7.91. The molecule has 1 aliphatic heterocycles. The summed E-state index contributed by atoms with van der Waals surface area (Å²) in [7, 11) is 0. The molecule has 1 saturated heterocycles. The van der Waals surface area contributed by atoms with E-state index in [1.165, 1.54) is 6.20 Å². The van der Waals surface area contributed by atoms with Gasteiger partial charge in [-0.1, -0.05) is 30.7 Å². The number of anilines is 2. The number of carboxylic acid groups (broad SMARTS) is 1. The number of aliphatic carboxylic acids is 1. The van der Waals surface area contributed by atoms with E-state index in [0.29, 0.717) is 48.6 Å². The highest BCUT2D eigenvalue weighted by molar-refractivity contribution is 6.01. The molecule has 0 spiro atoms. The number of hydrogen-bond donors (Lipinski definition) is 3. The van der Waals surface area contributed by atoms with E-state index in [1.807, 2.05) is 41.3 Å². The van der Waals surface area contributed by atoms with Crippen molar-refractivity contribution in [2.24, 2.45) is 5.92 Å². The number of benzene rings is 2. The van der Waals surface area contributed by atoms with Gasteiger partial charge in [0.05, 0.1) is 23.8 Å². The Hall–Kier alpha value is -4.73. The predicted molar refractivity (Wildman–Crippen MR) is 158 cm³/mol. The van der Waals surface area contributed by atoms with Gasteiger partial charge in [0.2, 0.25) is 5.91 Å². The van der Waals surface area contributed by atoms with Crippen LogP contribution >= 0.6 is 0 Å². The average Bonchev–Trinajstić information content (AvgIpc) is 3.22. The maximum atomic E-state index is 13.3. The molecule has 1 saturated carbocycles. The first-order valence-electron chi connectivity index (χ1n) is 14.4. The Bertz CT molecular complexity index is 1430. The minimum absolute atomic E-state index is 0.00694. The second-order valence-electron chi connectivity index (χ2n) is 10.8. The lowest BCUT2D eigenvalue weighted by Gasteiger charge is -2.29. The van der Waals surface area contributed by atoms with Crippen molar-refractivity contribution in [2.45, 2.75) is 38.1 Å². The third-order valence-electron chi connectivity index (χ3n) is 7.91. The molecule has 2 fully saturated rings. The summed E-state index contributed by atoms with van der Waals surface area (Å²) < 4.78 is 0. The van der Waals surface area contributed by atoms with E-state index in [0.717, 1.165) is 31.4 Å². The SMILES string of the molecule is O=C(O)CC(NC(=O)c1ccc(N2CCCN(C(=O)c3ccccc3)CC2)c(NC(=O)C2CCC2)c1)c1cccnc1. The molecule has 10 heteroatoms. The minimum atomic E-state index is -1.05. The number of pyridine rings is 1. The molecule has 1 atom stereocenters. The van der Waals surface area contributed by atoms with Crippen molar-refractivity contribution in [3.05, 3.63) is 89.7 Å². The first kappa shape index (κ1) is 28.8. The van der Waals surface area contributed by atoms with Crippen LogP contribution in [0.2, 0.25) is 0 Å². The van der Waals surface area contributed by atoms with Gasteiger partial charge in [0.1, 0.15) is 0 Å². The maximum absolute atomic E-state index is 13.3. The molecule has 1 unspecified atom stereocenters. The number of carbonyl (C=O) groups is 4. The Morgan fingerprint density at radius 1 is 0.905 bits per heavy atom. The number of carbonyl (C=O) groups excluding carboxylic acids is 3. The highest BCUT2D eigenvalue weighted by atomic mass is 16.4. The highest BCUT2D eigenvalue weighted by Crippen LogP contribution is 2.32. The number of aromatic nitrogens is 1. The van der Waals surface area contributed by atoms with Crippen LogP contribution in [0.5, 0.6) is 0 Å². The number of amides is 3. The van der Waals surface area contributed by atoms with E-state index in [4.69, 9.17) is 0 Å². The van der Waals surface area contributed by atoms with Gasteiger partial charge in [0.15, 0.2) is 0 Å². The van der Waals surface area contributed by atoms with E-state index in [1.54, 1.807) is 30.5 Å². The molecule has 218 valence electrons. The normalized spacial score (nSPS) is 16.1. The van der Waals surface area contributed by atoms with Crippen LogP contribution in [-0.2, 0) is 9.59 Å². The van der Waals surface area contributed by atoms with Crippen LogP contribution in [0.3, 0.4) is 0 Å². The molecule has 42 heavy (non-hydrogen) atoms. The fourth-order valence-electron chi connectivity index (χ4n) is 5.33. The summed E-state index contributed by atoms with van der Waals surface area (Å²) in [6.07, 6.45) is 6.26. The molecular weight excluding hydrogens is 534 g/mol. The molecule has 10 nitrogen and oxygen atoms in total. The van der Waals surface area contributed by atoms with E-state index in [2.05, 4.69) is 20.5 Å². The van der Waals surface area contributed by atoms with Gasteiger partial charge in [-0.05, 0) is 61.2 Å². The Kier molecular flexibility index (Phi) is 9.11. The average molecular weight is 570 g/mol. The van der Waals surface area contributed by atoms with Crippen molar-refractivity contribution in [1.29, 1.82) is 0 Å². The van der Waals surface area contributed by atoms with Crippen LogP contribution < -0.4 is 15.5 Å². The summed E-state index contributed by atoms with van der Waals surface area (Å²) >= 11 is 0. The van der Waals surface area contributed by atoms with E-state index in [-0.39, 0.29) is 24.2 Å². The molecular formula is C32H35N5O5. The highest BCUT2D eigenvalue weighted by Gasteiger charge is 2.28. The molecule has 3 N–H and O–H groups in total. The zero-order chi connectivity index (χ0) is 29.5. The Morgan fingerprint density at radius 3 is 2.40 bits per heavy atom. The van der Waals surface area contributed by atoms with Crippen LogP contribution in [0, 0.1) is 5.92 Å². The Labute approximate surface area is 244 Å². The van der Waals surface area contributed by atoms with Gasteiger partial charge in [-0.2, -0.15) is 0 Å². The molecule has 2 aromatic carbocycles. The van der Waals surface area contributed by atoms with Crippen LogP contribution in [0.15, 0.2) is 73.1 Å². The zero-order valence-electron chi connectivity index (χ0n) is 23.4. The lowest BCUT2D eigenvalue weighted by molar-refractivity contribution is -0.137. The van der Waals surface area contributed by atoms with Crippen molar-refractivity contribution in [1.82, 2.24) is 15.2 Å². The second kappa shape index (κ2) is 13.3. The van der Waals surface area contributed by atoms with Crippen molar-refractivity contribution in [3.63, 3.8) is 0 Å². The summed E-state index contributed by atoms with van der Waals surface area (Å²) in [5, 5.41) is 15.3. The monoisotopic (exact) mass is 569 g/mol. The van der Waals surface area contributed by atoms with E-state index >= 15 is 0 Å². The number of nitrogens with one attached hydrogen (secondary N) is 2. The molecule has 3 aromatic rings. The molecule has 1 aliphatic carbocycles. The largest absolute Gasteiger partial charge is 0.481 e. The lowest BCUT2D eigenvalue weighted by atomic mass is 9.85. The van der Waals surface area contributed by atoms with Crippen molar-refractivity contribution in [3.8, 4) is 0 Å². The minimum Gasteiger partial charge on any atom is -0.481 e. The molecule has 5 rings (SSSR count). The maximum Gasteiger partial charge on any atom is 0.305 e. The number of hydrogen-bond acceptors (Lipinski definition) is 6. The van der Waals surface area contributed by atoms with Crippen LogP contribution in [0.4, 0.5) is 11.4 Å². The van der Waals surface area contributed by atoms with Crippen LogP contribution in [0.25, 0.3) is 0 Å². The van der Waals surface area contributed by atoms with Crippen LogP contribution in [-0.4, -0.2) is 64.9 Å².